The summed E-state index contributed by atoms with van der Waals surface area (Å²) < 4.78 is 0. The molecule has 6 rings (SSSR count). The van der Waals surface area contributed by atoms with Crippen LogP contribution in [0.4, 0.5) is 11.4 Å². The molecular formula is C42H50N6. The third kappa shape index (κ3) is 7.55. The van der Waals surface area contributed by atoms with Crippen molar-refractivity contribution >= 4 is 22.8 Å². The first kappa shape index (κ1) is 33.2. The molecule has 2 fully saturated rings. The van der Waals surface area contributed by atoms with Crippen LogP contribution >= 0.6 is 0 Å². The lowest BCUT2D eigenvalue weighted by Gasteiger charge is -2.42. The molecule has 3 N–H and O–H groups in total. The number of hydrogen-bond donors (Lipinski definition) is 3. The highest BCUT2D eigenvalue weighted by Gasteiger charge is 2.29. The molecule has 1 atom stereocenters. The molecule has 0 amide bonds. The number of rotatable bonds is 12. The molecule has 3 aromatic carbocycles. The molecule has 248 valence electrons. The van der Waals surface area contributed by atoms with Crippen molar-refractivity contribution in [1.29, 1.82) is 10.8 Å². The molecule has 0 aromatic heterocycles. The number of benzene rings is 3. The normalized spacial score (nSPS) is 19.1. The first-order chi connectivity index (χ1) is 23.4. The SMILES string of the molecule is C=CCCC(C(=C)NC)c1ccc(C2CCN(C3CCN(c4ccc(N5C=CC(=N)/C5=C\C(=N)c5ccccc5)cc4)CC3)CC2)cc1. The minimum absolute atomic E-state index is 0.321. The highest BCUT2D eigenvalue weighted by molar-refractivity contribution is 6.18. The number of nitrogens with one attached hydrogen (secondary N) is 3. The second-order valence-electron chi connectivity index (χ2n) is 13.3. The van der Waals surface area contributed by atoms with Crippen molar-refractivity contribution in [3.05, 3.63) is 145 Å². The lowest BCUT2D eigenvalue weighted by molar-refractivity contribution is 0.132. The molecule has 48 heavy (non-hydrogen) atoms. The van der Waals surface area contributed by atoms with Crippen LogP contribution < -0.4 is 15.1 Å². The van der Waals surface area contributed by atoms with E-state index in [-0.39, 0.29) is 0 Å². The Kier molecular flexibility index (Phi) is 10.7. The monoisotopic (exact) mass is 638 g/mol. The highest BCUT2D eigenvalue weighted by atomic mass is 15.2. The first-order valence-corrected chi connectivity index (χ1v) is 17.5. The van der Waals surface area contributed by atoms with E-state index in [2.05, 4.69) is 76.8 Å². The molecule has 2 saturated heterocycles. The van der Waals surface area contributed by atoms with Gasteiger partial charge in [0.25, 0.3) is 0 Å². The van der Waals surface area contributed by atoms with Gasteiger partial charge in [0, 0.05) is 55.4 Å². The summed E-state index contributed by atoms with van der Waals surface area (Å²) in [5.41, 5.74) is 8.55. The third-order valence-corrected chi connectivity index (χ3v) is 10.5. The van der Waals surface area contributed by atoms with E-state index in [0.29, 0.717) is 29.3 Å². The summed E-state index contributed by atoms with van der Waals surface area (Å²) in [5, 5.41) is 20.3. The zero-order chi connectivity index (χ0) is 33.5. The van der Waals surface area contributed by atoms with Crippen molar-refractivity contribution in [2.75, 3.05) is 43.0 Å². The van der Waals surface area contributed by atoms with Crippen LogP contribution in [0.25, 0.3) is 0 Å². The Morgan fingerprint density at radius 2 is 1.56 bits per heavy atom. The van der Waals surface area contributed by atoms with Gasteiger partial charge in [-0.3, -0.25) is 5.41 Å². The maximum atomic E-state index is 8.55. The number of piperidine rings is 2. The van der Waals surface area contributed by atoms with Crippen LogP contribution in [-0.2, 0) is 0 Å². The van der Waals surface area contributed by atoms with Gasteiger partial charge in [-0.2, -0.15) is 0 Å². The van der Waals surface area contributed by atoms with Crippen LogP contribution in [0.3, 0.4) is 0 Å². The van der Waals surface area contributed by atoms with Crippen molar-refractivity contribution in [3.8, 4) is 0 Å². The molecule has 3 aliphatic rings. The van der Waals surface area contributed by atoms with Crippen LogP contribution in [0.2, 0.25) is 0 Å². The topological polar surface area (TPSA) is 69.5 Å². The zero-order valence-electron chi connectivity index (χ0n) is 28.4. The Hall–Kier alpha value is -4.68. The Morgan fingerprint density at radius 3 is 2.21 bits per heavy atom. The smallest absolute Gasteiger partial charge is 0.0795 e. The van der Waals surface area contributed by atoms with Crippen LogP contribution in [0.5, 0.6) is 0 Å². The quantitative estimate of drug-likeness (QED) is 0.137. The van der Waals surface area contributed by atoms with Crippen molar-refractivity contribution in [3.63, 3.8) is 0 Å². The average molecular weight is 639 g/mol. The number of likely N-dealkylation sites (N-methyl/N-ethyl adjacent to an activating group) is 1. The van der Waals surface area contributed by atoms with Gasteiger partial charge in [0.15, 0.2) is 0 Å². The summed E-state index contributed by atoms with van der Waals surface area (Å²) in [6.45, 7) is 12.7. The van der Waals surface area contributed by atoms with Crippen LogP contribution in [0.15, 0.2) is 128 Å². The predicted molar refractivity (Wildman–Crippen MR) is 203 cm³/mol. The molecule has 3 aliphatic heterocycles. The summed E-state index contributed by atoms with van der Waals surface area (Å²) in [5.74, 6) is 0.962. The van der Waals surface area contributed by atoms with E-state index in [9.17, 15) is 0 Å². The molecule has 0 aliphatic carbocycles. The maximum absolute atomic E-state index is 8.55. The zero-order valence-corrected chi connectivity index (χ0v) is 28.4. The number of likely N-dealkylation sites (tertiary alicyclic amines) is 1. The molecule has 0 radical (unpaired) electrons. The standard InChI is InChI=1S/C42H50N6/c1-4-5-11-39(31(2)45-3)34-14-12-32(13-15-34)33-20-25-46(26-21-33)37-22-27-47(28-23-37)36-16-18-38(19-17-36)48-29-24-40(43)42(48)30-41(44)35-9-7-6-8-10-35/h4,6-10,12-19,24,29-30,33,37,39,43-45H,1-2,5,11,20-23,25-28H2,3H3/b42-30+,43-40?,44-41?. The fourth-order valence-corrected chi connectivity index (χ4v) is 7.57. The van der Waals surface area contributed by atoms with Crippen molar-refractivity contribution < 1.29 is 0 Å². The van der Waals surface area contributed by atoms with E-state index < -0.39 is 0 Å². The molecule has 0 saturated carbocycles. The largest absolute Gasteiger partial charge is 0.391 e. The summed E-state index contributed by atoms with van der Waals surface area (Å²) in [6, 6.07) is 28.4. The van der Waals surface area contributed by atoms with Gasteiger partial charge in [-0.05, 0) is 111 Å². The number of nitrogens with zero attached hydrogens (tertiary/aromatic N) is 3. The second-order valence-corrected chi connectivity index (χ2v) is 13.3. The molecular weight excluding hydrogens is 589 g/mol. The Balaban J connectivity index is 0.996. The minimum Gasteiger partial charge on any atom is -0.391 e. The Bertz CT molecular complexity index is 1640. The lowest BCUT2D eigenvalue weighted by atomic mass is 9.85. The van der Waals surface area contributed by atoms with E-state index in [4.69, 9.17) is 10.8 Å². The first-order valence-electron chi connectivity index (χ1n) is 17.5. The summed E-state index contributed by atoms with van der Waals surface area (Å²) in [7, 11) is 1.96. The molecule has 1 unspecified atom stereocenters. The predicted octanol–water partition coefficient (Wildman–Crippen LogP) is 8.62. The lowest BCUT2D eigenvalue weighted by Crippen LogP contribution is -2.47. The third-order valence-electron chi connectivity index (χ3n) is 10.5. The molecule has 6 nitrogen and oxygen atoms in total. The van der Waals surface area contributed by atoms with Crippen molar-refractivity contribution in [2.24, 2.45) is 0 Å². The van der Waals surface area contributed by atoms with E-state index in [1.54, 1.807) is 12.2 Å². The van der Waals surface area contributed by atoms with E-state index in [0.717, 1.165) is 48.6 Å². The van der Waals surface area contributed by atoms with E-state index in [1.165, 1.54) is 55.6 Å². The van der Waals surface area contributed by atoms with E-state index >= 15 is 0 Å². The summed E-state index contributed by atoms with van der Waals surface area (Å²) in [4.78, 5) is 7.28. The summed E-state index contributed by atoms with van der Waals surface area (Å²) >= 11 is 0. The molecule has 3 heterocycles. The minimum atomic E-state index is 0.321. The highest BCUT2D eigenvalue weighted by Crippen LogP contribution is 2.34. The fourth-order valence-electron chi connectivity index (χ4n) is 7.57. The Morgan fingerprint density at radius 1 is 0.896 bits per heavy atom. The average Bonchev–Trinajstić information content (AvgIpc) is 3.51. The van der Waals surface area contributed by atoms with Crippen LogP contribution in [0, 0.1) is 10.8 Å². The molecule has 6 heteroatoms. The Labute approximate surface area is 287 Å². The molecule has 3 aromatic rings. The molecule has 0 spiro atoms. The number of anilines is 2. The van der Waals surface area contributed by atoms with E-state index in [1.807, 2.05) is 54.6 Å². The van der Waals surface area contributed by atoms with Gasteiger partial charge in [-0.1, -0.05) is 67.3 Å². The van der Waals surface area contributed by atoms with Gasteiger partial charge in [-0.25, -0.2) is 0 Å². The maximum Gasteiger partial charge on any atom is 0.0795 e. The van der Waals surface area contributed by atoms with Crippen LogP contribution in [0.1, 0.15) is 67.1 Å². The van der Waals surface area contributed by atoms with Crippen molar-refractivity contribution in [2.45, 2.75) is 56.4 Å². The van der Waals surface area contributed by atoms with Crippen LogP contribution in [-0.4, -0.2) is 55.6 Å². The van der Waals surface area contributed by atoms with Crippen molar-refractivity contribution in [1.82, 2.24) is 10.2 Å². The second kappa shape index (κ2) is 15.5. The van der Waals surface area contributed by atoms with Gasteiger partial charge >= 0.3 is 0 Å². The van der Waals surface area contributed by atoms with Gasteiger partial charge in [0.05, 0.1) is 17.1 Å². The summed E-state index contributed by atoms with van der Waals surface area (Å²) in [6.07, 6.45) is 14.4. The van der Waals surface area contributed by atoms with Gasteiger partial charge in [0.1, 0.15) is 0 Å². The van der Waals surface area contributed by atoms with Gasteiger partial charge in [0.2, 0.25) is 0 Å². The van der Waals surface area contributed by atoms with Gasteiger partial charge in [-0.15, -0.1) is 6.58 Å². The van der Waals surface area contributed by atoms with Gasteiger partial charge < -0.3 is 25.4 Å². The fraction of sp³-hybridized carbons (Fsp3) is 0.333. The molecule has 0 bridgehead atoms. The number of hydrogen-bond acceptors (Lipinski definition) is 6. The number of allylic oxidation sites excluding steroid dienone is 4.